The van der Waals surface area contributed by atoms with Crippen molar-refractivity contribution in [1.82, 2.24) is 0 Å². The number of fused-ring (bicyclic) bond motifs is 9. The van der Waals surface area contributed by atoms with E-state index in [-0.39, 0.29) is 12.0 Å². The normalized spacial score (nSPS) is 16.3. The average Bonchev–Trinajstić information content (AvgIpc) is 3.57. The van der Waals surface area contributed by atoms with Crippen LogP contribution in [0.3, 0.4) is 0 Å². The van der Waals surface area contributed by atoms with Gasteiger partial charge >= 0.3 is 0 Å². The number of nitrogens with zero attached hydrogens (tertiary/aromatic N) is 2. The van der Waals surface area contributed by atoms with Crippen LogP contribution in [0, 0.1) is 5.92 Å². The van der Waals surface area contributed by atoms with Crippen molar-refractivity contribution in [1.29, 1.82) is 0 Å². The highest BCUT2D eigenvalue weighted by Gasteiger charge is 2.29. The number of rotatable bonds is 4. The van der Waals surface area contributed by atoms with Crippen molar-refractivity contribution in [2.75, 3.05) is 0 Å². The Hall–Kier alpha value is -5.90. The summed E-state index contributed by atoms with van der Waals surface area (Å²) in [6.07, 6.45) is 0. The van der Waals surface area contributed by atoms with Gasteiger partial charge in [-0.05, 0) is 66.7 Å². The molecule has 2 unspecified atom stereocenters. The quantitative estimate of drug-likeness (QED) is 0.168. The van der Waals surface area contributed by atoms with Gasteiger partial charge in [0.2, 0.25) is 0 Å². The molecule has 0 fully saturated rings. The molecule has 0 spiro atoms. The molecule has 1 aliphatic heterocycles. The van der Waals surface area contributed by atoms with E-state index in [9.17, 15) is 0 Å². The summed E-state index contributed by atoms with van der Waals surface area (Å²) in [6.45, 7) is 2.25. The molecule has 50 heavy (non-hydrogen) atoms. The number of hydrogen-bond donors (Lipinski definition) is 0. The second kappa shape index (κ2) is 11.6. The van der Waals surface area contributed by atoms with Crippen LogP contribution in [0.2, 0.25) is 0 Å². The van der Waals surface area contributed by atoms with Crippen LogP contribution in [0.15, 0.2) is 174 Å². The zero-order valence-electron chi connectivity index (χ0n) is 27.5. The lowest BCUT2D eigenvalue weighted by Gasteiger charge is -2.28. The van der Waals surface area contributed by atoms with Crippen LogP contribution in [0.1, 0.15) is 29.7 Å². The van der Waals surface area contributed by atoms with Gasteiger partial charge in [0.25, 0.3) is 0 Å². The van der Waals surface area contributed by atoms with E-state index in [1.165, 1.54) is 69.2 Å². The highest BCUT2D eigenvalue weighted by Crippen LogP contribution is 2.43. The predicted molar refractivity (Wildman–Crippen MR) is 215 cm³/mol. The summed E-state index contributed by atoms with van der Waals surface area (Å²) in [5.41, 5.74) is 7.00. The van der Waals surface area contributed by atoms with Crippen molar-refractivity contribution >= 4 is 75.4 Å². The van der Waals surface area contributed by atoms with Crippen molar-refractivity contribution in [3.8, 4) is 11.1 Å². The molecule has 0 N–H and O–H groups in total. The van der Waals surface area contributed by atoms with Crippen LogP contribution >= 0.6 is 11.3 Å². The number of benzene rings is 8. The molecular weight excluding hydrogens is 625 g/mol. The van der Waals surface area contributed by atoms with Crippen molar-refractivity contribution in [3.63, 3.8) is 0 Å². The maximum atomic E-state index is 5.31. The molecule has 0 aliphatic carbocycles. The first kappa shape index (κ1) is 29.1. The van der Waals surface area contributed by atoms with Gasteiger partial charge < -0.3 is 0 Å². The summed E-state index contributed by atoms with van der Waals surface area (Å²) in [6, 6.07) is 59.3. The van der Waals surface area contributed by atoms with Crippen LogP contribution in [-0.2, 0) is 0 Å². The zero-order valence-corrected chi connectivity index (χ0v) is 28.4. The Kier molecular flexibility index (Phi) is 6.75. The van der Waals surface area contributed by atoms with Crippen LogP contribution < -0.4 is 0 Å². The molecule has 2 nitrogen and oxygen atoms in total. The van der Waals surface area contributed by atoms with Gasteiger partial charge in [0, 0.05) is 31.7 Å². The minimum Gasteiger partial charge on any atom is -0.257 e. The molecule has 8 aromatic carbocycles. The van der Waals surface area contributed by atoms with Crippen molar-refractivity contribution in [3.05, 3.63) is 180 Å². The topological polar surface area (TPSA) is 24.7 Å². The largest absolute Gasteiger partial charge is 0.257 e. The van der Waals surface area contributed by atoms with Gasteiger partial charge in [-0.2, -0.15) is 0 Å². The van der Waals surface area contributed by atoms with E-state index in [0.717, 1.165) is 22.7 Å². The number of thiophene rings is 1. The fraction of sp³-hybridized carbons (Fsp3) is 0.0638. The van der Waals surface area contributed by atoms with E-state index in [1.807, 2.05) is 11.3 Å². The molecule has 10 rings (SSSR count). The minimum atomic E-state index is -0.00952. The first-order valence-electron chi connectivity index (χ1n) is 17.3. The van der Waals surface area contributed by atoms with Crippen LogP contribution in [0.4, 0.5) is 0 Å². The van der Waals surface area contributed by atoms with E-state index in [4.69, 9.17) is 9.98 Å². The highest BCUT2D eigenvalue weighted by molar-refractivity contribution is 7.26. The Morgan fingerprint density at radius 2 is 1.04 bits per heavy atom. The average molecular weight is 657 g/mol. The van der Waals surface area contributed by atoms with E-state index >= 15 is 0 Å². The molecule has 1 aliphatic rings. The molecule has 1 aromatic heterocycles. The summed E-state index contributed by atoms with van der Waals surface area (Å²) in [7, 11) is 0. The molecule has 0 saturated heterocycles. The van der Waals surface area contributed by atoms with Gasteiger partial charge in [-0.15, -0.1) is 11.3 Å². The van der Waals surface area contributed by atoms with E-state index in [2.05, 4.69) is 171 Å². The lowest BCUT2D eigenvalue weighted by atomic mass is 9.86. The molecule has 0 saturated carbocycles. The summed E-state index contributed by atoms with van der Waals surface area (Å²) < 4.78 is 2.55. The fourth-order valence-electron chi connectivity index (χ4n) is 7.97. The van der Waals surface area contributed by atoms with Crippen molar-refractivity contribution in [2.45, 2.75) is 13.0 Å². The lowest BCUT2D eigenvalue weighted by Crippen LogP contribution is -2.26. The zero-order chi connectivity index (χ0) is 33.2. The second-order valence-electron chi connectivity index (χ2n) is 13.3. The third-order valence-electron chi connectivity index (χ3n) is 10.4. The highest BCUT2D eigenvalue weighted by atomic mass is 32.1. The maximum absolute atomic E-state index is 5.31. The molecule has 0 radical (unpaired) electrons. The van der Waals surface area contributed by atoms with E-state index in [1.54, 1.807) is 0 Å². The molecular formula is C47H32N2S. The summed E-state index contributed by atoms with van der Waals surface area (Å²) in [5, 5.41) is 10.3. The first-order chi connectivity index (χ1) is 24.7. The fourth-order valence-corrected chi connectivity index (χ4v) is 9.24. The summed E-state index contributed by atoms with van der Waals surface area (Å²) in [4.78, 5) is 10.6. The van der Waals surface area contributed by atoms with Crippen molar-refractivity contribution in [2.24, 2.45) is 15.9 Å². The van der Waals surface area contributed by atoms with Gasteiger partial charge in [-0.25, -0.2) is 4.99 Å². The Morgan fingerprint density at radius 1 is 0.460 bits per heavy atom. The smallest absolute Gasteiger partial charge is 0.155 e. The van der Waals surface area contributed by atoms with Gasteiger partial charge in [0.05, 0.1) is 11.8 Å². The van der Waals surface area contributed by atoms with Crippen LogP contribution in [0.25, 0.3) is 63.6 Å². The first-order valence-corrected chi connectivity index (χ1v) is 18.1. The molecule has 3 heteroatoms. The van der Waals surface area contributed by atoms with Gasteiger partial charge in [0.15, 0.2) is 5.84 Å². The summed E-state index contributed by atoms with van der Waals surface area (Å²) in [5.74, 6) is 0.945. The monoisotopic (exact) mass is 656 g/mol. The van der Waals surface area contributed by atoms with Crippen LogP contribution in [-0.4, -0.2) is 11.5 Å². The molecule has 236 valence electrons. The van der Waals surface area contributed by atoms with Gasteiger partial charge in [0.1, 0.15) is 0 Å². The Balaban J connectivity index is 1.13. The Morgan fingerprint density at radius 3 is 1.76 bits per heavy atom. The summed E-state index contributed by atoms with van der Waals surface area (Å²) >= 11 is 1.86. The molecule has 2 heterocycles. The Bertz CT molecular complexity index is 2790. The standard InChI is InChI=1S/C47H32N2S/c1-29-44(30-13-4-2-5-14-30)48-47(49-45(29)31-15-6-3-7-16-31)33-24-26-40-41-22-12-21-34(46(41)50-43(40)28-33)32-23-25-39-37-19-9-8-17-35(37)36-18-10-11-20-38(36)42(39)27-32/h2-29,44H,1H3. The predicted octanol–water partition coefficient (Wildman–Crippen LogP) is 12.8. The number of aliphatic imine (C=N–C) groups is 2. The SMILES string of the molecule is CC1C(c2ccccc2)=NC(c2ccc3c(c2)sc2c(-c4ccc5c6ccccc6c6ccccc6c5c4)cccc23)=NC1c1ccccc1. The Labute approximate surface area is 294 Å². The van der Waals surface area contributed by atoms with Gasteiger partial charge in [-0.1, -0.05) is 159 Å². The van der Waals surface area contributed by atoms with E-state index < -0.39 is 0 Å². The lowest BCUT2D eigenvalue weighted by molar-refractivity contribution is 0.592. The van der Waals surface area contributed by atoms with Gasteiger partial charge in [-0.3, -0.25) is 4.99 Å². The number of amidine groups is 1. The molecule has 2 atom stereocenters. The maximum Gasteiger partial charge on any atom is 0.155 e. The molecule has 9 aromatic rings. The van der Waals surface area contributed by atoms with E-state index in [0.29, 0.717) is 0 Å². The third-order valence-corrected chi connectivity index (χ3v) is 11.6. The molecule has 0 amide bonds. The second-order valence-corrected chi connectivity index (χ2v) is 14.4. The minimum absolute atomic E-state index is 0.00952. The van der Waals surface area contributed by atoms with Crippen molar-refractivity contribution < 1.29 is 0 Å². The number of hydrogen-bond acceptors (Lipinski definition) is 3. The van der Waals surface area contributed by atoms with Crippen LogP contribution in [0.5, 0.6) is 0 Å². The third kappa shape index (κ3) is 4.62. The molecule has 0 bridgehead atoms.